The minimum atomic E-state index is -0.181. The summed E-state index contributed by atoms with van der Waals surface area (Å²) in [5.41, 5.74) is 1.16. The smallest absolute Gasteiger partial charge is 0.225 e. The van der Waals surface area contributed by atoms with E-state index in [0.29, 0.717) is 6.54 Å². The van der Waals surface area contributed by atoms with Gasteiger partial charge in [0.1, 0.15) is 11.9 Å². The number of aryl methyl sites for hydroxylation is 1. The number of carbonyl (C=O) groups is 1. The van der Waals surface area contributed by atoms with E-state index in [2.05, 4.69) is 28.1 Å². The molecule has 1 atom stereocenters. The molecular weight excluding hydrogens is 302 g/mol. The first-order valence-corrected chi connectivity index (χ1v) is 8.64. The molecule has 6 nitrogen and oxygen atoms in total. The Balaban J connectivity index is 1.55. The standard InChI is InChI=1S/C18H25N5O/c1-14-3-4-17(20-12-14)22-7-5-15(6-8-22)18(24)23-10-9-21(2)16(11-19)13-23/h3-4,12,15-16H,5-10,13H2,1-2H3. The normalized spacial score (nSPS) is 23.1. The lowest BCUT2D eigenvalue weighted by atomic mass is 9.94. The summed E-state index contributed by atoms with van der Waals surface area (Å²) in [7, 11) is 1.95. The van der Waals surface area contributed by atoms with Crippen LogP contribution in [0.3, 0.4) is 0 Å². The highest BCUT2D eigenvalue weighted by Gasteiger charge is 2.33. The first-order valence-electron chi connectivity index (χ1n) is 8.64. The highest BCUT2D eigenvalue weighted by molar-refractivity contribution is 5.79. The molecule has 2 aliphatic heterocycles. The highest BCUT2D eigenvalue weighted by atomic mass is 16.2. The Labute approximate surface area is 143 Å². The second-order valence-corrected chi connectivity index (χ2v) is 6.86. The fourth-order valence-corrected chi connectivity index (χ4v) is 3.47. The Hall–Kier alpha value is -2.13. The van der Waals surface area contributed by atoms with Crippen LogP contribution in [-0.4, -0.2) is 66.5 Å². The van der Waals surface area contributed by atoms with Gasteiger partial charge in [-0.1, -0.05) is 6.07 Å². The van der Waals surface area contributed by atoms with E-state index in [0.717, 1.165) is 50.4 Å². The first-order chi connectivity index (χ1) is 11.6. The molecule has 0 bridgehead atoms. The van der Waals surface area contributed by atoms with Crippen LogP contribution < -0.4 is 4.90 Å². The topological polar surface area (TPSA) is 63.5 Å². The summed E-state index contributed by atoms with van der Waals surface area (Å²) in [5, 5.41) is 9.21. The van der Waals surface area contributed by atoms with Crippen LogP contribution in [0.2, 0.25) is 0 Å². The molecular formula is C18H25N5O. The Morgan fingerprint density at radius 2 is 2.00 bits per heavy atom. The van der Waals surface area contributed by atoms with Crippen molar-refractivity contribution in [2.45, 2.75) is 25.8 Å². The molecule has 3 rings (SSSR count). The molecule has 24 heavy (non-hydrogen) atoms. The summed E-state index contributed by atoms with van der Waals surface area (Å²) < 4.78 is 0. The number of carbonyl (C=O) groups excluding carboxylic acids is 1. The average Bonchev–Trinajstić information content (AvgIpc) is 2.62. The van der Waals surface area contributed by atoms with Crippen LogP contribution in [0, 0.1) is 24.2 Å². The number of amides is 1. The van der Waals surface area contributed by atoms with Crippen molar-refractivity contribution in [3.63, 3.8) is 0 Å². The van der Waals surface area contributed by atoms with Gasteiger partial charge in [-0.05, 0) is 38.4 Å². The zero-order chi connectivity index (χ0) is 17.1. The maximum absolute atomic E-state index is 12.8. The SMILES string of the molecule is Cc1ccc(N2CCC(C(=O)N3CCN(C)C(C#N)C3)CC2)nc1. The number of hydrogen-bond donors (Lipinski definition) is 0. The largest absolute Gasteiger partial charge is 0.357 e. The summed E-state index contributed by atoms with van der Waals surface area (Å²) in [5.74, 6) is 1.30. The van der Waals surface area contributed by atoms with Gasteiger partial charge in [-0.15, -0.1) is 0 Å². The van der Waals surface area contributed by atoms with Gasteiger partial charge in [0.25, 0.3) is 0 Å². The number of aromatic nitrogens is 1. The molecule has 1 aromatic heterocycles. The maximum Gasteiger partial charge on any atom is 0.225 e. The van der Waals surface area contributed by atoms with Crippen molar-refractivity contribution >= 4 is 11.7 Å². The monoisotopic (exact) mass is 327 g/mol. The number of rotatable bonds is 2. The number of nitriles is 1. The quantitative estimate of drug-likeness (QED) is 0.818. The molecule has 2 saturated heterocycles. The Morgan fingerprint density at radius 3 is 2.62 bits per heavy atom. The molecule has 1 unspecified atom stereocenters. The number of piperidine rings is 1. The van der Waals surface area contributed by atoms with E-state index >= 15 is 0 Å². The summed E-state index contributed by atoms with van der Waals surface area (Å²) in [6.07, 6.45) is 3.61. The van der Waals surface area contributed by atoms with Crippen LogP contribution >= 0.6 is 0 Å². The van der Waals surface area contributed by atoms with E-state index in [1.165, 1.54) is 0 Å². The third-order valence-electron chi connectivity index (χ3n) is 5.17. The number of hydrogen-bond acceptors (Lipinski definition) is 5. The van der Waals surface area contributed by atoms with Gasteiger partial charge in [0.15, 0.2) is 0 Å². The lowest BCUT2D eigenvalue weighted by Gasteiger charge is -2.39. The molecule has 2 aliphatic rings. The third kappa shape index (κ3) is 3.51. The van der Waals surface area contributed by atoms with E-state index in [-0.39, 0.29) is 17.9 Å². The van der Waals surface area contributed by atoms with Crippen LogP contribution in [0.25, 0.3) is 0 Å². The van der Waals surface area contributed by atoms with Crippen LogP contribution in [0.15, 0.2) is 18.3 Å². The van der Waals surface area contributed by atoms with Crippen LogP contribution in [0.1, 0.15) is 18.4 Å². The summed E-state index contributed by atoms with van der Waals surface area (Å²) in [6.45, 7) is 5.80. The van der Waals surface area contributed by atoms with Crippen molar-refractivity contribution in [3.8, 4) is 6.07 Å². The van der Waals surface area contributed by atoms with Gasteiger partial charge in [0.05, 0.1) is 6.07 Å². The number of likely N-dealkylation sites (N-methyl/N-ethyl adjacent to an activating group) is 1. The average molecular weight is 327 g/mol. The van der Waals surface area contributed by atoms with Crippen LogP contribution in [-0.2, 0) is 4.79 Å². The minimum absolute atomic E-state index is 0.0782. The van der Waals surface area contributed by atoms with Crippen LogP contribution in [0.5, 0.6) is 0 Å². The molecule has 0 saturated carbocycles. The second-order valence-electron chi connectivity index (χ2n) is 6.86. The number of pyridine rings is 1. The van der Waals surface area contributed by atoms with Crippen molar-refractivity contribution in [2.75, 3.05) is 44.7 Å². The fourth-order valence-electron chi connectivity index (χ4n) is 3.47. The number of anilines is 1. The van der Waals surface area contributed by atoms with Gasteiger partial charge >= 0.3 is 0 Å². The summed E-state index contributed by atoms with van der Waals surface area (Å²) >= 11 is 0. The second kappa shape index (κ2) is 7.18. The molecule has 0 radical (unpaired) electrons. The molecule has 6 heteroatoms. The van der Waals surface area contributed by atoms with Crippen molar-refractivity contribution in [2.24, 2.45) is 5.92 Å². The van der Waals surface area contributed by atoms with E-state index in [1.54, 1.807) is 0 Å². The maximum atomic E-state index is 12.8. The highest BCUT2D eigenvalue weighted by Crippen LogP contribution is 2.24. The first kappa shape index (κ1) is 16.7. The van der Waals surface area contributed by atoms with E-state index < -0.39 is 0 Å². The van der Waals surface area contributed by atoms with Gasteiger partial charge in [-0.25, -0.2) is 4.98 Å². The third-order valence-corrected chi connectivity index (χ3v) is 5.17. The van der Waals surface area contributed by atoms with Gasteiger partial charge in [-0.3, -0.25) is 9.69 Å². The summed E-state index contributed by atoms with van der Waals surface area (Å²) in [4.78, 5) is 23.4. The van der Waals surface area contributed by atoms with E-state index in [1.807, 2.05) is 30.0 Å². The summed E-state index contributed by atoms with van der Waals surface area (Å²) in [6, 6.07) is 6.24. The lowest BCUT2D eigenvalue weighted by molar-refractivity contribution is -0.138. The van der Waals surface area contributed by atoms with E-state index in [9.17, 15) is 10.1 Å². The van der Waals surface area contributed by atoms with E-state index in [4.69, 9.17) is 0 Å². The number of piperazine rings is 1. The molecule has 128 valence electrons. The molecule has 0 spiro atoms. The zero-order valence-electron chi connectivity index (χ0n) is 14.5. The van der Waals surface area contributed by atoms with Crippen molar-refractivity contribution in [1.82, 2.24) is 14.8 Å². The molecule has 0 N–H and O–H groups in total. The molecule has 0 aromatic carbocycles. The van der Waals surface area contributed by atoms with Gasteiger partial charge in [0, 0.05) is 44.8 Å². The minimum Gasteiger partial charge on any atom is -0.357 e. The Bertz CT molecular complexity index is 615. The molecule has 0 aliphatic carbocycles. The predicted molar refractivity (Wildman–Crippen MR) is 92.5 cm³/mol. The molecule has 1 amide bonds. The lowest BCUT2D eigenvalue weighted by Crippen LogP contribution is -2.54. The Morgan fingerprint density at radius 1 is 1.25 bits per heavy atom. The van der Waals surface area contributed by atoms with Crippen molar-refractivity contribution in [1.29, 1.82) is 5.26 Å². The molecule has 1 aromatic rings. The zero-order valence-corrected chi connectivity index (χ0v) is 14.5. The van der Waals surface area contributed by atoms with Crippen molar-refractivity contribution in [3.05, 3.63) is 23.9 Å². The van der Waals surface area contributed by atoms with Crippen molar-refractivity contribution < 1.29 is 4.79 Å². The molecule has 2 fully saturated rings. The number of nitrogens with zero attached hydrogens (tertiary/aromatic N) is 5. The predicted octanol–water partition coefficient (Wildman–Crippen LogP) is 1.27. The van der Waals surface area contributed by atoms with Crippen LogP contribution in [0.4, 0.5) is 5.82 Å². The Kier molecular flexibility index (Phi) is 5.00. The fraction of sp³-hybridized carbons (Fsp3) is 0.611. The van der Waals surface area contributed by atoms with Gasteiger partial charge in [-0.2, -0.15) is 5.26 Å². The molecule has 3 heterocycles. The van der Waals surface area contributed by atoms with Gasteiger partial charge in [0.2, 0.25) is 5.91 Å². The van der Waals surface area contributed by atoms with Gasteiger partial charge < -0.3 is 9.80 Å².